The lowest BCUT2D eigenvalue weighted by Crippen LogP contribution is -2.36. The molecule has 0 aliphatic heterocycles. The number of benzene rings is 1. The molecule has 1 N–H and O–H groups in total. The molecule has 0 aliphatic rings. The third-order valence-corrected chi connectivity index (χ3v) is 3.89. The van der Waals surface area contributed by atoms with Crippen LogP contribution in [0.2, 0.25) is 0 Å². The average Bonchev–Trinajstić information content (AvgIpc) is 2.32. The largest absolute Gasteiger partial charge is 0.481 e. The Balaban J connectivity index is 2.70. The highest BCUT2D eigenvalue weighted by molar-refractivity contribution is 9.10. The Kier molecular flexibility index (Phi) is 5.66. The van der Waals surface area contributed by atoms with Gasteiger partial charge in [0, 0.05) is 11.0 Å². The quantitative estimate of drug-likeness (QED) is 0.905. The van der Waals surface area contributed by atoms with Gasteiger partial charge in [-0.25, -0.2) is 0 Å². The van der Waals surface area contributed by atoms with E-state index in [1.54, 1.807) is 6.92 Å². The molecule has 1 aromatic rings. The Morgan fingerprint density at radius 3 is 2.44 bits per heavy atom. The third-order valence-electron chi connectivity index (χ3n) is 2.64. The highest BCUT2D eigenvalue weighted by atomic mass is 79.9. The van der Waals surface area contributed by atoms with Gasteiger partial charge in [0.25, 0.3) is 5.91 Å². The van der Waals surface area contributed by atoms with E-state index in [2.05, 4.69) is 21.2 Å². The predicted molar refractivity (Wildman–Crippen MR) is 77.0 cm³/mol. The first-order chi connectivity index (χ1) is 8.45. The van der Waals surface area contributed by atoms with Gasteiger partial charge in [-0.1, -0.05) is 22.9 Å². The number of hydrogen-bond donors (Lipinski definition) is 1. The van der Waals surface area contributed by atoms with Crippen molar-refractivity contribution in [3.05, 3.63) is 27.7 Å². The molecule has 18 heavy (non-hydrogen) atoms. The van der Waals surface area contributed by atoms with Crippen molar-refractivity contribution in [2.24, 2.45) is 0 Å². The van der Waals surface area contributed by atoms with E-state index in [1.165, 1.54) is 0 Å². The van der Waals surface area contributed by atoms with Gasteiger partial charge >= 0.3 is 0 Å². The molecule has 0 radical (unpaired) electrons. The van der Waals surface area contributed by atoms with Gasteiger partial charge in [0.15, 0.2) is 6.10 Å². The molecule has 4 heteroatoms. The lowest BCUT2D eigenvalue weighted by molar-refractivity contribution is -0.127. The highest BCUT2D eigenvalue weighted by Gasteiger charge is 2.14. The summed E-state index contributed by atoms with van der Waals surface area (Å²) in [6.07, 6.45) is 0.450. The molecule has 0 saturated carbocycles. The fourth-order valence-corrected chi connectivity index (χ4v) is 1.85. The van der Waals surface area contributed by atoms with Crippen LogP contribution in [0.3, 0.4) is 0 Å². The number of ether oxygens (including phenoxy) is 1. The Bertz CT molecular complexity index is 409. The molecule has 1 atom stereocenters. The smallest absolute Gasteiger partial charge is 0.260 e. The maximum absolute atomic E-state index is 11.7. The summed E-state index contributed by atoms with van der Waals surface area (Å²) in [5.74, 6) is 0.655. The van der Waals surface area contributed by atoms with Crippen LogP contribution in [0, 0.1) is 13.8 Å². The summed E-state index contributed by atoms with van der Waals surface area (Å²) in [4.78, 5) is 11.7. The summed E-state index contributed by atoms with van der Waals surface area (Å²) in [7, 11) is 0. The first-order valence-electron chi connectivity index (χ1n) is 6.16. The Hall–Kier alpha value is -1.03. The van der Waals surface area contributed by atoms with Crippen molar-refractivity contribution in [3.8, 4) is 5.75 Å². The number of hydrogen-bond acceptors (Lipinski definition) is 2. The van der Waals surface area contributed by atoms with Crippen LogP contribution in [0.4, 0.5) is 0 Å². The minimum absolute atomic E-state index is 0.0740. The second-order valence-electron chi connectivity index (χ2n) is 4.42. The first kappa shape index (κ1) is 15.0. The van der Waals surface area contributed by atoms with Crippen LogP contribution in [-0.4, -0.2) is 18.6 Å². The monoisotopic (exact) mass is 313 g/mol. The van der Waals surface area contributed by atoms with Crippen molar-refractivity contribution < 1.29 is 9.53 Å². The lowest BCUT2D eigenvalue weighted by atomic mass is 10.1. The van der Waals surface area contributed by atoms with Crippen LogP contribution >= 0.6 is 15.9 Å². The number of rotatable bonds is 5. The molecular weight excluding hydrogens is 294 g/mol. The molecule has 1 unspecified atom stereocenters. The fraction of sp³-hybridized carbons (Fsp3) is 0.500. The summed E-state index contributed by atoms with van der Waals surface area (Å²) < 4.78 is 6.74. The second-order valence-corrected chi connectivity index (χ2v) is 5.22. The van der Waals surface area contributed by atoms with E-state index in [1.807, 2.05) is 32.9 Å². The molecule has 1 amide bonds. The average molecular weight is 314 g/mol. The van der Waals surface area contributed by atoms with Gasteiger partial charge in [-0.15, -0.1) is 0 Å². The number of amides is 1. The maximum atomic E-state index is 11.7. The zero-order valence-electron chi connectivity index (χ0n) is 11.3. The topological polar surface area (TPSA) is 38.3 Å². The van der Waals surface area contributed by atoms with Crippen LogP contribution in [0.15, 0.2) is 16.6 Å². The van der Waals surface area contributed by atoms with E-state index in [9.17, 15) is 4.79 Å². The van der Waals surface area contributed by atoms with E-state index in [-0.39, 0.29) is 5.91 Å². The minimum atomic E-state index is -0.475. The number of aryl methyl sites for hydroxylation is 2. The summed E-state index contributed by atoms with van der Waals surface area (Å²) in [5, 5.41) is 2.82. The van der Waals surface area contributed by atoms with Crippen LogP contribution < -0.4 is 10.1 Å². The van der Waals surface area contributed by atoms with Gasteiger partial charge in [-0.3, -0.25) is 4.79 Å². The van der Waals surface area contributed by atoms with Gasteiger partial charge in [-0.05, 0) is 50.5 Å². The summed E-state index contributed by atoms with van der Waals surface area (Å²) in [6.45, 7) is 8.48. The van der Waals surface area contributed by atoms with Gasteiger partial charge < -0.3 is 10.1 Å². The minimum Gasteiger partial charge on any atom is -0.481 e. The van der Waals surface area contributed by atoms with Gasteiger partial charge in [0.05, 0.1) is 0 Å². The Morgan fingerprint density at radius 2 is 1.94 bits per heavy atom. The van der Waals surface area contributed by atoms with E-state index in [0.717, 1.165) is 27.8 Å². The van der Waals surface area contributed by atoms with Crippen molar-refractivity contribution in [3.63, 3.8) is 0 Å². The van der Waals surface area contributed by atoms with Crippen molar-refractivity contribution in [1.29, 1.82) is 0 Å². The number of nitrogens with one attached hydrogen (secondary N) is 1. The maximum Gasteiger partial charge on any atom is 0.260 e. The summed E-state index contributed by atoms with van der Waals surface area (Å²) >= 11 is 3.51. The molecule has 0 bridgehead atoms. The normalized spacial score (nSPS) is 12.1. The molecule has 1 aromatic carbocycles. The van der Waals surface area contributed by atoms with E-state index < -0.39 is 6.10 Å². The van der Waals surface area contributed by atoms with E-state index in [0.29, 0.717) is 6.54 Å². The van der Waals surface area contributed by atoms with Crippen LogP contribution in [0.25, 0.3) is 0 Å². The van der Waals surface area contributed by atoms with Crippen LogP contribution in [0.5, 0.6) is 5.75 Å². The number of carbonyl (C=O) groups is 1. The molecule has 0 heterocycles. The first-order valence-corrected chi connectivity index (χ1v) is 6.96. The molecule has 0 aliphatic carbocycles. The van der Waals surface area contributed by atoms with Crippen molar-refractivity contribution >= 4 is 21.8 Å². The third kappa shape index (κ3) is 4.02. The standard InChI is InChI=1S/C14H20BrNO2/c1-5-6-16-14(17)11(4)18-12-7-9(2)13(15)10(3)8-12/h7-8,11H,5-6H2,1-4H3,(H,16,17). The zero-order valence-corrected chi connectivity index (χ0v) is 12.9. The summed E-state index contributed by atoms with van der Waals surface area (Å²) in [5.41, 5.74) is 2.21. The molecular formula is C14H20BrNO2. The number of halogens is 1. The van der Waals surface area contributed by atoms with Crippen molar-refractivity contribution in [2.75, 3.05) is 6.54 Å². The van der Waals surface area contributed by atoms with E-state index in [4.69, 9.17) is 4.74 Å². The van der Waals surface area contributed by atoms with Gasteiger partial charge in [-0.2, -0.15) is 0 Å². The van der Waals surface area contributed by atoms with Gasteiger partial charge in [0.1, 0.15) is 5.75 Å². The highest BCUT2D eigenvalue weighted by Crippen LogP contribution is 2.26. The molecule has 0 aromatic heterocycles. The predicted octanol–water partition coefficient (Wildman–Crippen LogP) is 3.36. The van der Waals surface area contributed by atoms with Crippen LogP contribution in [0.1, 0.15) is 31.4 Å². The Labute approximate surface area is 117 Å². The van der Waals surface area contributed by atoms with Crippen molar-refractivity contribution in [2.45, 2.75) is 40.2 Å². The van der Waals surface area contributed by atoms with Crippen molar-refractivity contribution in [1.82, 2.24) is 5.32 Å². The molecule has 100 valence electrons. The van der Waals surface area contributed by atoms with Gasteiger partial charge in [0.2, 0.25) is 0 Å². The molecule has 1 rings (SSSR count). The number of carbonyl (C=O) groups excluding carboxylic acids is 1. The lowest BCUT2D eigenvalue weighted by Gasteiger charge is -2.16. The SMILES string of the molecule is CCCNC(=O)C(C)Oc1cc(C)c(Br)c(C)c1. The zero-order chi connectivity index (χ0) is 13.7. The summed E-state index contributed by atoms with van der Waals surface area (Å²) in [6, 6.07) is 3.86. The molecule has 0 saturated heterocycles. The molecule has 3 nitrogen and oxygen atoms in total. The Morgan fingerprint density at radius 1 is 1.39 bits per heavy atom. The van der Waals surface area contributed by atoms with Crippen LogP contribution in [-0.2, 0) is 4.79 Å². The molecule has 0 fully saturated rings. The van der Waals surface area contributed by atoms with E-state index >= 15 is 0 Å². The fourth-order valence-electron chi connectivity index (χ4n) is 1.62. The molecule has 0 spiro atoms. The second kappa shape index (κ2) is 6.78.